The van der Waals surface area contributed by atoms with Crippen molar-refractivity contribution in [1.82, 2.24) is 16.0 Å². The maximum absolute atomic E-state index is 12.4. The van der Waals surface area contributed by atoms with Gasteiger partial charge in [-0.25, -0.2) is 0 Å². The van der Waals surface area contributed by atoms with Crippen molar-refractivity contribution in [3.8, 4) is 0 Å². The topological polar surface area (TPSA) is 70.2 Å². The van der Waals surface area contributed by atoms with E-state index in [0.29, 0.717) is 12.6 Å². The Morgan fingerprint density at radius 1 is 1.29 bits per heavy atom. The summed E-state index contributed by atoms with van der Waals surface area (Å²) in [6, 6.07) is 7.78. The van der Waals surface area contributed by atoms with E-state index in [-0.39, 0.29) is 17.7 Å². The maximum Gasteiger partial charge on any atom is 0.242 e. The Hall–Kier alpha value is -1.88. The Morgan fingerprint density at radius 2 is 2.05 bits per heavy atom. The van der Waals surface area contributed by atoms with Crippen molar-refractivity contribution >= 4 is 11.8 Å². The van der Waals surface area contributed by atoms with Gasteiger partial charge in [0.1, 0.15) is 6.04 Å². The Labute approximate surface area is 124 Å². The summed E-state index contributed by atoms with van der Waals surface area (Å²) in [6.07, 6.45) is 2.10. The SMILES string of the molecule is CC(NC(=O)C1CNCc2ccccc21)C(=O)NC1CC1. The van der Waals surface area contributed by atoms with Crippen LogP contribution in [-0.4, -0.2) is 30.4 Å². The molecule has 1 aromatic rings. The first-order chi connectivity index (χ1) is 10.1. The molecule has 0 aromatic heterocycles. The first-order valence-corrected chi connectivity index (χ1v) is 7.54. The molecule has 1 saturated carbocycles. The van der Waals surface area contributed by atoms with Crippen LogP contribution in [-0.2, 0) is 16.1 Å². The number of carbonyl (C=O) groups is 2. The summed E-state index contributed by atoms with van der Waals surface area (Å²) in [7, 11) is 0. The maximum atomic E-state index is 12.4. The minimum absolute atomic E-state index is 0.0897. The molecule has 1 aromatic carbocycles. The molecule has 2 unspecified atom stereocenters. The van der Waals surface area contributed by atoms with Gasteiger partial charge in [-0.3, -0.25) is 9.59 Å². The van der Waals surface area contributed by atoms with Crippen LogP contribution in [0.15, 0.2) is 24.3 Å². The fourth-order valence-electron chi connectivity index (χ4n) is 2.66. The van der Waals surface area contributed by atoms with Gasteiger partial charge in [0.2, 0.25) is 11.8 Å². The van der Waals surface area contributed by atoms with Gasteiger partial charge in [0.05, 0.1) is 5.92 Å². The molecule has 0 radical (unpaired) electrons. The van der Waals surface area contributed by atoms with Crippen LogP contribution in [0.1, 0.15) is 36.8 Å². The second-order valence-electron chi connectivity index (χ2n) is 5.90. The van der Waals surface area contributed by atoms with Gasteiger partial charge in [0.15, 0.2) is 0 Å². The minimum Gasteiger partial charge on any atom is -0.352 e. The highest BCUT2D eigenvalue weighted by atomic mass is 16.2. The molecule has 3 rings (SSSR count). The van der Waals surface area contributed by atoms with E-state index in [0.717, 1.165) is 30.5 Å². The zero-order valence-corrected chi connectivity index (χ0v) is 12.2. The Kier molecular flexibility index (Phi) is 3.92. The van der Waals surface area contributed by atoms with Crippen LogP contribution in [0.3, 0.4) is 0 Å². The van der Waals surface area contributed by atoms with Crippen LogP contribution in [0.25, 0.3) is 0 Å². The quantitative estimate of drug-likeness (QED) is 0.762. The number of rotatable bonds is 4. The van der Waals surface area contributed by atoms with E-state index in [1.165, 1.54) is 0 Å². The summed E-state index contributed by atoms with van der Waals surface area (Å²) < 4.78 is 0. The van der Waals surface area contributed by atoms with E-state index in [2.05, 4.69) is 16.0 Å². The van der Waals surface area contributed by atoms with E-state index in [1.807, 2.05) is 24.3 Å². The van der Waals surface area contributed by atoms with Crippen LogP contribution in [0, 0.1) is 0 Å². The van der Waals surface area contributed by atoms with E-state index < -0.39 is 6.04 Å². The monoisotopic (exact) mass is 287 g/mol. The molecule has 112 valence electrons. The van der Waals surface area contributed by atoms with Gasteiger partial charge in [-0.15, -0.1) is 0 Å². The molecule has 1 aliphatic heterocycles. The summed E-state index contributed by atoms with van der Waals surface area (Å²) in [5.41, 5.74) is 2.21. The van der Waals surface area contributed by atoms with Gasteiger partial charge < -0.3 is 16.0 Å². The fraction of sp³-hybridized carbons (Fsp3) is 0.500. The van der Waals surface area contributed by atoms with Crippen molar-refractivity contribution in [2.75, 3.05) is 6.54 Å². The van der Waals surface area contributed by atoms with Gasteiger partial charge in [-0.2, -0.15) is 0 Å². The third-order valence-electron chi connectivity index (χ3n) is 4.09. The molecule has 2 amide bonds. The van der Waals surface area contributed by atoms with Crippen molar-refractivity contribution in [3.05, 3.63) is 35.4 Å². The predicted molar refractivity (Wildman–Crippen MR) is 79.7 cm³/mol. The second-order valence-corrected chi connectivity index (χ2v) is 5.90. The molecule has 1 aliphatic carbocycles. The third-order valence-corrected chi connectivity index (χ3v) is 4.09. The number of hydrogen-bond donors (Lipinski definition) is 3. The molecular weight excluding hydrogens is 266 g/mol. The van der Waals surface area contributed by atoms with Crippen molar-refractivity contribution in [2.45, 2.75) is 44.3 Å². The lowest BCUT2D eigenvalue weighted by Crippen LogP contribution is -2.48. The lowest BCUT2D eigenvalue weighted by molar-refractivity contribution is -0.129. The molecule has 5 heteroatoms. The van der Waals surface area contributed by atoms with E-state index in [1.54, 1.807) is 6.92 Å². The first-order valence-electron chi connectivity index (χ1n) is 7.54. The minimum atomic E-state index is -0.493. The molecule has 3 N–H and O–H groups in total. The van der Waals surface area contributed by atoms with Crippen molar-refractivity contribution in [2.24, 2.45) is 0 Å². The van der Waals surface area contributed by atoms with Crippen LogP contribution in [0.2, 0.25) is 0 Å². The van der Waals surface area contributed by atoms with Gasteiger partial charge in [-0.05, 0) is 30.9 Å². The Morgan fingerprint density at radius 3 is 2.81 bits per heavy atom. The molecule has 2 atom stereocenters. The summed E-state index contributed by atoms with van der Waals surface area (Å²) in [4.78, 5) is 24.4. The smallest absolute Gasteiger partial charge is 0.242 e. The zero-order chi connectivity index (χ0) is 14.8. The Balaban J connectivity index is 1.64. The molecule has 0 spiro atoms. The van der Waals surface area contributed by atoms with E-state index in [4.69, 9.17) is 0 Å². The molecule has 1 heterocycles. The molecule has 0 bridgehead atoms. The van der Waals surface area contributed by atoms with E-state index >= 15 is 0 Å². The van der Waals surface area contributed by atoms with Crippen LogP contribution < -0.4 is 16.0 Å². The van der Waals surface area contributed by atoms with Crippen LogP contribution in [0.5, 0.6) is 0 Å². The summed E-state index contributed by atoms with van der Waals surface area (Å²) in [5.74, 6) is -0.415. The van der Waals surface area contributed by atoms with Gasteiger partial charge in [-0.1, -0.05) is 24.3 Å². The second kappa shape index (κ2) is 5.85. The normalized spacial score (nSPS) is 22.0. The molecular formula is C16H21N3O2. The molecule has 2 aliphatic rings. The third kappa shape index (κ3) is 3.24. The number of hydrogen-bond acceptors (Lipinski definition) is 3. The van der Waals surface area contributed by atoms with Crippen molar-refractivity contribution in [3.63, 3.8) is 0 Å². The highest BCUT2D eigenvalue weighted by Crippen LogP contribution is 2.24. The Bertz CT molecular complexity index is 554. The van der Waals surface area contributed by atoms with Crippen LogP contribution >= 0.6 is 0 Å². The lowest BCUT2D eigenvalue weighted by atomic mass is 9.90. The van der Waals surface area contributed by atoms with Crippen molar-refractivity contribution in [1.29, 1.82) is 0 Å². The zero-order valence-electron chi connectivity index (χ0n) is 12.2. The summed E-state index contributed by atoms with van der Waals surface area (Å²) in [6.45, 7) is 3.13. The highest BCUT2D eigenvalue weighted by molar-refractivity contribution is 5.91. The molecule has 21 heavy (non-hydrogen) atoms. The number of carbonyl (C=O) groups excluding carboxylic acids is 2. The number of fused-ring (bicyclic) bond motifs is 1. The van der Waals surface area contributed by atoms with Gasteiger partial charge in [0.25, 0.3) is 0 Å². The number of nitrogens with one attached hydrogen (secondary N) is 3. The number of benzene rings is 1. The average molecular weight is 287 g/mol. The standard InChI is InChI=1S/C16H21N3O2/c1-10(15(20)19-12-6-7-12)18-16(21)14-9-17-8-11-4-2-3-5-13(11)14/h2-5,10,12,14,17H,6-9H2,1H3,(H,18,21)(H,19,20). The van der Waals surface area contributed by atoms with Crippen molar-refractivity contribution < 1.29 is 9.59 Å². The molecule has 1 fully saturated rings. The van der Waals surface area contributed by atoms with Gasteiger partial charge in [0, 0.05) is 19.1 Å². The predicted octanol–water partition coefficient (Wildman–Crippen LogP) is 0.657. The van der Waals surface area contributed by atoms with Gasteiger partial charge >= 0.3 is 0 Å². The summed E-state index contributed by atoms with van der Waals surface area (Å²) >= 11 is 0. The van der Waals surface area contributed by atoms with Crippen LogP contribution in [0.4, 0.5) is 0 Å². The average Bonchev–Trinajstić information content (AvgIpc) is 3.30. The first kappa shape index (κ1) is 14.1. The summed E-state index contributed by atoms with van der Waals surface area (Å²) in [5, 5.41) is 9.00. The number of amides is 2. The lowest BCUT2D eigenvalue weighted by Gasteiger charge is -2.26. The van der Waals surface area contributed by atoms with E-state index in [9.17, 15) is 9.59 Å². The molecule has 0 saturated heterocycles. The fourth-order valence-corrected chi connectivity index (χ4v) is 2.66. The molecule has 5 nitrogen and oxygen atoms in total. The largest absolute Gasteiger partial charge is 0.352 e. The highest BCUT2D eigenvalue weighted by Gasteiger charge is 2.30.